The molecule has 17 heavy (non-hydrogen) atoms. The third-order valence-electron chi connectivity index (χ3n) is 2.55. The number of allylic oxidation sites excluding steroid dienone is 2. The number of benzene rings is 1. The van der Waals surface area contributed by atoms with Crippen LogP contribution in [0, 0.1) is 0 Å². The molecule has 0 aliphatic rings. The Morgan fingerprint density at radius 3 is 2.82 bits per heavy atom. The number of para-hydroxylation sites is 1. The minimum atomic E-state index is -0.937. The number of aromatic nitrogens is 1. The lowest BCUT2D eigenvalue weighted by Crippen LogP contribution is -1.84. The third-order valence-corrected chi connectivity index (χ3v) is 2.55. The lowest BCUT2D eigenvalue weighted by atomic mass is 10.1. The van der Waals surface area contributed by atoms with Crippen LogP contribution in [0.5, 0.6) is 0 Å². The monoisotopic (exact) mass is 227 g/mol. The Balaban J connectivity index is 2.33. The zero-order chi connectivity index (χ0) is 12.3. The molecule has 86 valence electrons. The molecule has 1 N–H and O–H groups in total. The number of fused-ring (bicyclic) bond motifs is 1. The molecular weight excluding hydrogens is 214 g/mol. The standard InChI is InChI=1S/C14H13NO2/c1-15-10-11(6-2-5-9-14(16)17)12-7-3-4-8-13(12)15/h2-10H,1H3,(H,16,17)/b6-2+,9-5+. The molecule has 0 saturated carbocycles. The highest BCUT2D eigenvalue weighted by Crippen LogP contribution is 2.21. The van der Waals surface area contributed by atoms with E-state index in [4.69, 9.17) is 5.11 Å². The predicted molar refractivity (Wildman–Crippen MR) is 68.7 cm³/mol. The molecule has 3 heteroatoms. The Labute approximate surface area is 99.3 Å². The van der Waals surface area contributed by atoms with Crippen LogP contribution in [0.3, 0.4) is 0 Å². The summed E-state index contributed by atoms with van der Waals surface area (Å²) in [7, 11) is 1.99. The van der Waals surface area contributed by atoms with E-state index in [1.165, 1.54) is 6.08 Å². The fourth-order valence-corrected chi connectivity index (χ4v) is 1.80. The third kappa shape index (κ3) is 2.45. The lowest BCUT2D eigenvalue weighted by molar-refractivity contribution is -0.131. The second-order valence-corrected chi connectivity index (χ2v) is 3.77. The highest BCUT2D eigenvalue weighted by molar-refractivity contribution is 5.89. The second-order valence-electron chi connectivity index (χ2n) is 3.77. The number of carboxylic acid groups (broad SMARTS) is 1. The molecule has 0 amide bonds. The number of rotatable bonds is 3. The first-order chi connectivity index (χ1) is 8.18. The van der Waals surface area contributed by atoms with E-state index in [0.717, 1.165) is 22.5 Å². The van der Waals surface area contributed by atoms with Gasteiger partial charge in [-0.1, -0.05) is 36.4 Å². The quantitative estimate of drug-likeness (QED) is 0.647. The van der Waals surface area contributed by atoms with Crippen molar-refractivity contribution >= 4 is 22.9 Å². The Morgan fingerprint density at radius 2 is 2.06 bits per heavy atom. The van der Waals surface area contributed by atoms with E-state index in [-0.39, 0.29) is 0 Å². The van der Waals surface area contributed by atoms with Gasteiger partial charge in [0.2, 0.25) is 0 Å². The van der Waals surface area contributed by atoms with Crippen LogP contribution in [-0.2, 0) is 11.8 Å². The topological polar surface area (TPSA) is 42.2 Å². The average Bonchev–Trinajstić information content (AvgIpc) is 2.63. The van der Waals surface area contributed by atoms with E-state index in [9.17, 15) is 4.79 Å². The van der Waals surface area contributed by atoms with E-state index in [1.54, 1.807) is 6.08 Å². The van der Waals surface area contributed by atoms with E-state index in [0.29, 0.717) is 0 Å². The van der Waals surface area contributed by atoms with E-state index in [2.05, 4.69) is 16.7 Å². The van der Waals surface area contributed by atoms with Crippen molar-refractivity contribution in [3.63, 3.8) is 0 Å². The van der Waals surface area contributed by atoms with Gasteiger partial charge < -0.3 is 9.67 Å². The van der Waals surface area contributed by atoms with Crippen molar-refractivity contribution < 1.29 is 9.90 Å². The number of hydrogen-bond acceptors (Lipinski definition) is 1. The minimum Gasteiger partial charge on any atom is -0.478 e. The zero-order valence-corrected chi connectivity index (χ0v) is 9.50. The molecule has 0 spiro atoms. The van der Waals surface area contributed by atoms with Crippen LogP contribution >= 0.6 is 0 Å². The summed E-state index contributed by atoms with van der Waals surface area (Å²) in [4.78, 5) is 10.3. The number of carbonyl (C=O) groups is 1. The maximum absolute atomic E-state index is 10.3. The first-order valence-electron chi connectivity index (χ1n) is 5.30. The van der Waals surface area contributed by atoms with Gasteiger partial charge in [-0.05, 0) is 11.6 Å². The van der Waals surface area contributed by atoms with Crippen LogP contribution < -0.4 is 0 Å². The van der Waals surface area contributed by atoms with Crippen LogP contribution in [0.4, 0.5) is 0 Å². The normalized spacial score (nSPS) is 11.8. The summed E-state index contributed by atoms with van der Waals surface area (Å²) in [6.45, 7) is 0. The van der Waals surface area contributed by atoms with Crippen molar-refractivity contribution in [2.45, 2.75) is 0 Å². The molecule has 1 aromatic heterocycles. The van der Waals surface area contributed by atoms with E-state index >= 15 is 0 Å². The molecule has 1 heterocycles. The largest absolute Gasteiger partial charge is 0.478 e. The molecule has 1 aromatic carbocycles. The predicted octanol–water partition coefficient (Wildman–Crippen LogP) is 2.83. The SMILES string of the molecule is Cn1cc(/C=C/C=C/C(=O)O)c2ccccc21. The molecule has 3 nitrogen and oxygen atoms in total. The van der Waals surface area contributed by atoms with Gasteiger partial charge in [-0.3, -0.25) is 0 Å². The van der Waals surface area contributed by atoms with E-state index < -0.39 is 5.97 Å². The van der Waals surface area contributed by atoms with Gasteiger partial charge in [0.15, 0.2) is 0 Å². The van der Waals surface area contributed by atoms with Gasteiger partial charge in [-0.15, -0.1) is 0 Å². The summed E-state index contributed by atoms with van der Waals surface area (Å²) in [6.07, 6.45) is 8.29. The van der Waals surface area contributed by atoms with Crippen molar-refractivity contribution in [1.82, 2.24) is 4.57 Å². The van der Waals surface area contributed by atoms with Crippen molar-refractivity contribution in [3.05, 3.63) is 54.3 Å². The van der Waals surface area contributed by atoms with Gasteiger partial charge in [-0.25, -0.2) is 4.79 Å². The van der Waals surface area contributed by atoms with Gasteiger partial charge in [0.25, 0.3) is 0 Å². The molecule has 0 bridgehead atoms. The first-order valence-corrected chi connectivity index (χ1v) is 5.30. The maximum atomic E-state index is 10.3. The Kier molecular flexibility index (Phi) is 3.10. The molecule has 0 aliphatic carbocycles. The van der Waals surface area contributed by atoms with Crippen molar-refractivity contribution in [2.24, 2.45) is 7.05 Å². The Morgan fingerprint density at radius 1 is 1.29 bits per heavy atom. The summed E-state index contributed by atoms with van der Waals surface area (Å²) in [5, 5.41) is 9.62. The summed E-state index contributed by atoms with van der Waals surface area (Å²) < 4.78 is 2.05. The zero-order valence-electron chi connectivity index (χ0n) is 9.50. The molecule has 0 aliphatic heterocycles. The summed E-state index contributed by atoms with van der Waals surface area (Å²) in [6, 6.07) is 8.10. The number of carboxylic acids is 1. The molecule has 0 fully saturated rings. The Bertz CT molecular complexity index is 606. The molecular formula is C14H13NO2. The molecule has 0 radical (unpaired) electrons. The minimum absolute atomic E-state index is 0.937. The van der Waals surface area contributed by atoms with Gasteiger partial charge in [0.1, 0.15) is 0 Å². The summed E-state index contributed by atoms with van der Waals surface area (Å²) in [5.41, 5.74) is 2.24. The highest BCUT2D eigenvalue weighted by atomic mass is 16.4. The van der Waals surface area contributed by atoms with Crippen LogP contribution in [0.15, 0.2) is 48.7 Å². The van der Waals surface area contributed by atoms with Crippen LogP contribution in [0.25, 0.3) is 17.0 Å². The summed E-state index contributed by atoms with van der Waals surface area (Å²) in [5.74, 6) is -0.937. The Hall–Kier alpha value is -2.29. The van der Waals surface area contributed by atoms with Crippen molar-refractivity contribution in [1.29, 1.82) is 0 Å². The molecule has 0 unspecified atom stereocenters. The first kappa shape index (κ1) is 11.2. The molecule has 0 saturated heterocycles. The number of nitrogens with zero attached hydrogens (tertiary/aromatic N) is 1. The van der Waals surface area contributed by atoms with Crippen LogP contribution in [0.1, 0.15) is 5.56 Å². The van der Waals surface area contributed by atoms with Crippen molar-refractivity contribution in [2.75, 3.05) is 0 Å². The fourth-order valence-electron chi connectivity index (χ4n) is 1.80. The summed E-state index contributed by atoms with van der Waals surface area (Å²) >= 11 is 0. The maximum Gasteiger partial charge on any atom is 0.328 e. The van der Waals surface area contributed by atoms with Gasteiger partial charge in [0, 0.05) is 30.2 Å². The van der Waals surface area contributed by atoms with Gasteiger partial charge >= 0.3 is 5.97 Å². The highest BCUT2D eigenvalue weighted by Gasteiger charge is 2.01. The number of aliphatic carboxylic acids is 1. The smallest absolute Gasteiger partial charge is 0.328 e. The number of aryl methyl sites for hydroxylation is 1. The average molecular weight is 227 g/mol. The van der Waals surface area contributed by atoms with E-state index in [1.807, 2.05) is 31.5 Å². The van der Waals surface area contributed by atoms with Gasteiger partial charge in [0.05, 0.1) is 0 Å². The second kappa shape index (κ2) is 4.70. The molecule has 2 rings (SSSR count). The molecule has 2 aromatic rings. The fraction of sp³-hybridized carbons (Fsp3) is 0.0714. The van der Waals surface area contributed by atoms with Crippen LogP contribution in [0.2, 0.25) is 0 Å². The molecule has 0 atom stereocenters. The van der Waals surface area contributed by atoms with Crippen LogP contribution in [-0.4, -0.2) is 15.6 Å². The van der Waals surface area contributed by atoms with Crippen molar-refractivity contribution in [3.8, 4) is 0 Å². The lowest BCUT2D eigenvalue weighted by Gasteiger charge is -1.92. The van der Waals surface area contributed by atoms with Gasteiger partial charge in [-0.2, -0.15) is 0 Å². The number of hydrogen-bond donors (Lipinski definition) is 1.